The molecule has 0 spiro atoms. The van der Waals surface area contributed by atoms with Gasteiger partial charge in [-0.05, 0) is 30.5 Å². The van der Waals surface area contributed by atoms with E-state index in [0.717, 1.165) is 44.1 Å². The highest BCUT2D eigenvalue weighted by molar-refractivity contribution is 7.90. The molecular weight excluding hydrogens is 367 g/mol. The van der Waals surface area contributed by atoms with E-state index in [1.54, 1.807) is 0 Å². The lowest BCUT2D eigenvalue weighted by Gasteiger charge is -2.17. The maximum atomic E-state index is 13.2. The molecule has 0 amide bonds. The van der Waals surface area contributed by atoms with Gasteiger partial charge in [-0.15, -0.1) is 0 Å². The van der Waals surface area contributed by atoms with Crippen LogP contribution in [0.15, 0.2) is 28.1 Å². The fraction of sp³-hybridized carbons (Fsp3) is 0.588. The third kappa shape index (κ3) is 5.89. The summed E-state index contributed by atoms with van der Waals surface area (Å²) in [4.78, 5) is 3.37. The van der Waals surface area contributed by atoms with Crippen molar-refractivity contribution in [3.05, 3.63) is 29.3 Å². The van der Waals surface area contributed by atoms with Crippen molar-refractivity contribution >= 4 is 15.8 Å². The van der Waals surface area contributed by atoms with Crippen LogP contribution in [0.1, 0.15) is 49.7 Å². The number of halogens is 3. The zero-order valence-corrected chi connectivity index (χ0v) is 15.5. The van der Waals surface area contributed by atoms with E-state index in [0.29, 0.717) is 0 Å². The zero-order valence-electron chi connectivity index (χ0n) is 14.6. The first-order chi connectivity index (χ1) is 12.1. The number of alkyl halides is 3. The van der Waals surface area contributed by atoms with Crippen molar-refractivity contribution in [3.63, 3.8) is 0 Å². The van der Waals surface area contributed by atoms with Gasteiger partial charge in [0.1, 0.15) is 0 Å². The third-order valence-corrected chi connectivity index (χ3v) is 5.54. The topological polar surface area (TPSA) is 84.5 Å². The van der Waals surface area contributed by atoms with Crippen LogP contribution in [0.25, 0.3) is 0 Å². The summed E-state index contributed by atoms with van der Waals surface area (Å²) in [5.41, 5.74) is 4.92. The van der Waals surface area contributed by atoms with E-state index < -0.39 is 26.5 Å². The second-order valence-electron chi connectivity index (χ2n) is 6.63. The lowest BCUT2D eigenvalue weighted by Crippen LogP contribution is -2.39. The Morgan fingerprint density at radius 2 is 1.85 bits per heavy atom. The second kappa shape index (κ2) is 8.28. The summed E-state index contributed by atoms with van der Waals surface area (Å²) in [7, 11) is -3.98. The number of nitrogens with one attached hydrogen (secondary N) is 1. The van der Waals surface area contributed by atoms with E-state index >= 15 is 0 Å². The molecule has 0 radical (unpaired) electrons. The number of nitrogens with zero attached hydrogens (tertiary/aromatic N) is 1. The predicted octanol–water partition coefficient (Wildman–Crippen LogP) is 3.24. The fourth-order valence-corrected chi connectivity index (χ4v) is 3.96. The molecule has 3 N–H and O–H groups in total. The Morgan fingerprint density at radius 1 is 1.23 bits per heavy atom. The molecule has 0 heterocycles. The molecule has 1 aromatic rings. The largest absolute Gasteiger partial charge is 0.417 e. The van der Waals surface area contributed by atoms with Gasteiger partial charge in [0.15, 0.2) is 15.8 Å². The van der Waals surface area contributed by atoms with Crippen LogP contribution in [-0.4, -0.2) is 26.7 Å². The molecule has 1 saturated carbocycles. The van der Waals surface area contributed by atoms with Crippen LogP contribution in [0, 0.1) is 0 Å². The molecule has 26 heavy (non-hydrogen) atoms. The van der Waals surface area contributed by atoms with Crippen molar-refractivity contribution in [3.8, 4) is 0 Å². The summed E-state index contributed by atoms with van der Waals surface area (Å²) >= 11 is 0. The number of aliphatic imine (C=N–C) groups is 1. The Balaban J connectivity index is 2.13. The van der Waals surface area contributed by atoms with Crippen molar-refractivity contribution in [2.24, 2.45) is 10.7 Å². The first-order valence-electron chi connectivity index (χ1n) is 8.54. The van der Waals surface area contributed by atoms with Crippen LogP contribution in [0.5, 0.6) is 0 Å². The Kier molecular flexibility index (Phi) is 6.54. The molecule has 1 fully saturated rings. The van der Waals surface area contributed by atoms with Gasteiger partial charge in [0.25, 0.3) is 0 Å². The maximum Gasteiger partial charge on any atom is 0.417 e. The zero-order chi connectivity index (χ0) is 19.4. The van der Waals surface area contributed by atoms with Gasteiger partial charge in [-0.3, -0.25) is 0 Å². The van der Waals surface area contributed by atoms with Crippen LogP contribution < -0.4 is 11.1 Å². The summed E-state index contributed by atoms with van der Waals surface area (Å²) in [5.74, 6) is 0.192. The molecule has 1 aliphatic rings. The van der Waals surface area contributed by atoms with Crippen molar-refractivity contribution in [2.75, 3.05) is 6.26 Å². The van der Waals surface area contributed by atoms with Crippen molar-refractivity contribution in [1.29, 1.82) is 0 Å². The minimum atomic E-state index is -4.76. The van der Waals surface area contributed by atoms with Crippen LogP contribution in [0.2, 0.25) is 0 Å². The SMILES string of the molecule is CS(=O)(=O)c1ccc(CN=C(N)NC2CCCCCC2)cc1C(F)(F)F. The molecule has 0 bridgehead atoms. The number of sulfone groups is 1. The van der Waals surface area contributed by atoms with Crippen molar-refractivity contribution in [2.45, 2.75) is 62.2 Å². The van der Waals surface area contributed by atoms with E-state index in [-0.39, 0.29) is 24.1 Å². The second-order valence-corrected chi connectivity index (χ2v) is 8.62. The van der Waals surface area contributed by atoms with E-state index in [1.165, 1.54) is 18.9 Å². The Bertz CT molecular complexity index is 753. The van der Waals surface area contributed by atoms with Crippen molar-refractivity contribution < 1.29 is 21.6 Å². The van der Waals surface area contributed by atoms with Crippen LogP contribution in [-0.2, 0) is 22.6 Å². The summed E-state index contributed by atoms with van der Waals surface area (Å²) in [6.07, 6.45) is 2.62. The van der Waals surface area contributed by atoms with Gasteiger partial charge in [-0.2, -0.15) is 13.2 Å². The number of nitrogens with two attached hydrogens (primary N) is 1. The Morgan fingerprint density at radius 3 is 2.38 bits per heavy atom. The summed E-state index contributed by atoms with van der Waals surface area (Å²) in [5, 5.41) is 3.12. The molecule has 0 saturated heterocycles. The standard InChI is InChI=1S/C17H24F3N3O2S/c1-26(24,25)15-9-8-12(10-14(15)17(18,19)20)11-22-16(21)23-13-6-4-2-3-5-7-13/h8-10,13H,2-7,11H2,1H3,(H3,21,22,23). The number of rotatable bonds is 4. The van der Waals surface area contributed by atoms with Gasteiger partial charge in [0.05, 0.1) is 17.0 Å². The molecule has 0 aliphatic heterocycles. The van der Waals surface area contributed by atoms with Gasteiger partial charge < -0.3 is 11.1 Å². The number of hydrogen-bond acceptors (Lipinski definition) is 3. The summed E-state index contributed by atoms with van der Waals surface area (Å²) < 4.78 is 62.6. The van der Waals surface area contributed by atoms with Gasteiger partial charge in [0.2, 0.25) is 0 Å². The molecule has 0 atom stereocenters. The highest BCUT2D eigenvalue weighted by atomic mass is 32.2. The predicted molar refractivity (Wildman–Crippen MR) is 94.5 cm³/mol. The summed E-state index contributed by atoms with van der Waals surface area (Å²) in [6.45, 7) is -0.0569. The average molecular weight is 391 g/mol. The van der Waals surface area contributed by atoms with Gasteiger partial charge in [0, 0.05) is 12.3 Å². The van der Waals surface area contributed by atoms with Crippen LogP contribution in [0.4, 0.5) is 13.2 Å². The highest BCUT2D eigenvalue weighted by Gasteiger charge is 2.36. The quantitative estimate of drug-likeness (QED) is 0.469. The average Bonchev–Trinajstić information content (AvgIpc) is 2.79. The molecular formula is C17H24F3N3O2S. The molecule has 2 rings (SSSR count). The lowest BCUT2D eigenvalue weighted by atomic mass is 10.1. The van der Waals surface area contributed by atoms with Crippen molar-refractivity contribution in [1.82, 2.24) is 5.32 Å². The molecule has 1 aromatic carbocycles. The van der Waals surface area contributed by atoms with Crippen LogP contribution >= 0.6 is 0 Å². The van der Waals surface area contributed by atoms with E-state index in [2.05, 4.69) is 10.3 Å². The number of guanidine groups is 1. The van der Waals surface area contributed by atoms with E-state index in [9.17, 15) is 21.6 Å². The number of hydrogen-bond donors (Lipinski definition) is 2. The molecule has 0 unspecified atom stereocenters. The number of benzene rings is 1. The molecule has 0 aromatic heterocycles. The minimum absolute atomic E-state index is 0.0569. The monoisotopic (exact) mass is 391 g/mol. The molecule has 146 valence electrons. The fourth-order valence-electron chi connectivity index (χ4n) is 3.08. The van der Waals surface area contributed by atoms with E-state index in [1.807, 2.05) is 0 Å². The molecule has 1 aliphatic carbocycles. The van der Waals surface area contributed by atoms with Gasteiger partial charge in [-0.1, -0.05) is 31.7 Å². The van der Waals surface area contributed by atoms with Crippen LogP contribution in [0.3, 0.4) is 0 Å². The Hall–Kier alpha value is -1.77. The third-order valence-electron chi connectivity index (χ3n) is 4.39. The lowest BCUT2D eigenvalue weighted by molar-refractivity contribution is -0.139. The summed E-state index contributed by atoms with van der Waals surface area (Å²) in [6, 6.07) is 3.35. The first-order valence-corrected chi connectivity index (χ1v) is 10.4. The Labute approximate surface area is 151 Å². The van der Waals surface area contributed by atoms with Gasteiger partial charge >= 0.3 is 6.18 Å². The van der Waals surface area contributed by atoms with Gasteiger partial charge in [-0.25, -0.2) is 13.4 Å². The minimum Gasteiger partial charge on any atom is -0.370 e. The molecule has 5 nitrogen and oxygen atoms in total. The van der Waals surface area contributed by atoms with E-state index in [4.69, 9.17) is 5.73 Å². The normalized spacial score (nSPS) is 17.8. The highest BCUT2D eigenvalue weighted by Crippen LogP contribution is 2.35. The smallest absolute Gasteiger partial charge is 0.370 e. The first kappa shape index (κ1) is 20.5. The molecule has 9 heteroatoms. The maximum absolute atomic E-state index is 13.2.